The van der Waals surface area contributed by atoms with Crippen LogP contribution in [0.25, 0.3) is 0 Å². The molecule has 0 spiro atoms. The van der Waals surface area contributed by atoms with Crippen LogP contribution in [0.3, 0.4) is 0 Å². The van der Waals surface area contributed by atoms with Crippen molar-refractivity contribution < 1.29 is 24.2 Å². The molecule has 0 aromatic heterocycles. The summed E-state index contributed by atoms with van der Waals surface area (Å²) in [6.45, 7) is 6.10. The number of amides is 2. The van der Waals surface area contributed by atoms with Gasteiger partial charge in [0.25, 0.3) is 5.91 Å². The third kappa shape index (κ3) is 4.62. The maximum Gasteiger partial charge on any atom is 0.307 e. The molecule has 26 heavy (non-hydrogen) atoms. The lowest BCUT2D eigenvalue weighted by atomic mass is 9.76. The average Bonchev–Trinajstić information content (AvgIpc) is 2.61. The quantitative estimate of drug-likeness (QED) is 0.552. The number of allylic oxidation sites excluding steroid dienone is 2. The molecule has 7 heteroatoms. The summed E-state index contributed by atoms with van der Waals surface area (Å²) in [6, 6.07) is 6.58. The Morgan fingerprint density at radius 2 is 1.77 bits per heavy atom. The van der Waals surface area contributed by atoms with Crippen molar-refractivity contribution in [2.75, 3.05) is 6.61 Å². The van der Waals surface area contributed by atoms with Crippen molar-refractivity contribution in [3.05, 3.63) is 41.0 Å². The average molecular weight is 360 g/mol. The van der Waals surface area contributed by atoms with E-state index in [0.717, 1.165) is 11.1 Å². The highest BCUT2D eigenvalue weighted by Gasteiger charge is 2.37. The third-order valence-electron chi connectivity index (χ3n) is 4.63. The van der Waals surface area contributed by atoms with Crippen molar-refractivity contribution in [2.45, 2.75) is 33.6 Å². The van der Waals surface area contributed by atoms with E-state index in [9.17, 15) is 19.5 Å². The second kappa shape index (κ2) is 8.51. The van der Waals surface area contributed by atoms with Gasteiger partial charge in [-0.2, -0.15) is 0 Å². The van der Waals surface area contributed by atoms with Crippen molar-refractivity contribution in [1.82, 2.24) is 10.9 Å². The summed E-state index contributed by atoms with van der Waals surface area (Å²) in [5, 5.41) is 9.39. The topological polar surface area (TPSA) is 105 Å². The van der Waals surface area contributed by atoms with Gasteiger partial charge in [-0.15, -0.1) is 0 Å². The molecule has 0 saturated carbocycles. The standard InChI is InChI=1S/C19H24N2O5/c1-4-26-14-7-5-6-13(10-14)17(22)20-21-18(23)15-8-11(2)12(3)9-16(15)19(24)25/h5-7,10,15-16H,4,8-9H2,1-3H3,(H,20,22)(H,21,23)(H,24,25). The van der Waals surface area contributed by atoms with E-state index in [2.05, 4.69) is 10.9 Å². The van der Waals surface area contributed by atoms with E-state index in [0.29, 0.717) is 30.8 Å². The van der Waals surface area contributed by atoms with E-state index < -0.39 is 29.6 Å². The predicted octanol–water partition coefficient (Wildman–Crippen LogP) is 2.29. The van der Waals surface area contributed by atoms with Gasteiger partial charge in [-0.1, -0.05) is 17.2 Å². The summed E-state index contributed by atoms with van der Waals surface area (Å²) in [4.78, 5) is 36.1. The summed E-state index contributed by atoms with van der Waals surface area (Å²) < 4.78 is 5.34. The van der Waals surface area contributed by atoms with Gasteiger partial charge < -0.3 is 9.84 Å². The smallest absolute Gasteiger partial charge is 0.307 e. The highest BCUT2D eigenvalue weighted by molar-refractivity contribution is 5.96. The number of hydrogen-bond acceptors (Lipinski definition) is 4. The molecule has 0 fully saturated rings. The van der Waals surface area contributed by atoms with E-state index in [-0.39, 0.29) is 0 Å². The molecule has 1 aliphatic carbocycles. The molecule has 2 unspecified atom stereocenters. The molecule has 1 aliphatic rings. The van der Waals surface area contributed by atoms with Crippen LogP contribution in [-0.4, -0.2) is 29.5 Å². The number of rotatable bonds is 5. The number of carbonyl (C=O) groups excluding carboxylic acids is 2. The monoisotopic (exact) mass is 360 g/mol. The number of carbonyl (C=O) groups is 3. The zero-order chi connectivity index (χ0) is 19.3. The van der Waals surface area contributed by atoms with Crippen molar-refractivity contribution >= 4 is 17.8 Å². The number of carboxylic acids is 1. The Balaban J connectivity index is 2.02. The van der Waals surface area contributed by atoms with E-state index >= 15 is 0 Å². The molecule has 3 N–H and O–H groups in total. The normalized spacial score (nSPS) is 19.7. The molecule has 0 bridgehead atoms. The number of nitrogens with one attached hydrogen (secondary N) is 2. The summed E-state index contributed by atoms with van der Waals surface area (Å²) >= 11 is 0. The highest BCUT2D eigenvalue weighted by Crippen LogP contribution is 2.34. The SMILES string of the molecule is CCOc1cccc(C(=O)NNC(=O)C2CC(C)=C(C)CC2C(=O)O)c1. The summed E-state index contributed by atoms with van der Waals surface area (Å²) in [5.41, 5.74) is 7.05. The molecular formula is C19H24N2O5. The zero-order valence-electron chi connectivity index (χ0n) is 15.2. The Morgan fingerprint density at radius 3 is 2.38 bits per heavy atom. The molecule has 2 rings (SSSR count). The molecule has 0 heterocycles. The number of carboxylic acid groups (broad SMARTS) is 1. The number of aliphatic carboxylic acids is 1. The van der Waals surface area contributed by atoms with Crippen LogP contribution in [0, 0.1) is 11.8 Å². The van der Waals surface area contributed by atoms with Crippen molar-refractivity contribution in [2.24, 2.45) is 11.8 Å². The largest absolute Gasteiger partial charge is 0.494 e. The van der Waals surface area contributed by atoms with E-state index in [1.165, 1.54) is 0 Å². The molecule has 0 saturated heterocycles. The minimum atomic E-state index is -1.01. The second-order valence-corrected chi connectivity index (χ2v) is 6.42. The fourth-order valence-corrected chi connectivity index (χ4v) is 3.00. The molecule has 1 aromatic carbocycles. The molecule has 0 aliphatic heterocycles. The van der Waals surface area contributed by atoms with Crippen molar-refractivity contribution in [3.63, 3.8) is 0 Å². The van der Waals surface area contributed by atoms with Gasteiger partial charge >= 0.3 is 5.97 Å². The molecule has 7 nitrogen and oxygen atoms in total. The Kier molecular flexibility index (Phi) is 6.38. The van der Waals surface area contributed by atoms with Gasteiger partial charge in [0.1, 0.15) is 5.75 Å². The molecule has 1 aromatic rings. The lowest BCUT2D eigenvalue weighted by Gasteiger charge is -2.29. The van der Waals surface area contributed by atoms with E-state index in [1.54, 1.807) is 24.3 Å². The van der Waals surface area contributed by atoms with Gasteiger partial charge in [0, 0.05) is 5.56 Å². The van der Waals surface area contributed by atoms with Gasteiger partial charge in [-0.05, 0) is 51.8 Å². The van der Waals surface area contributed by atoms with Crippen LogP contribution < -0.4 is 15.6 Å². The van der Waals surface area contributed by atoms with Gasteiger partial charge in [-0.25, -0.2) is 0 Å². The number of hydrogen-bond donors (Lipinski definition) is 3. The summed E-state index contributed by atoms with van der Waals surface area (Å²) in [6.07, 6.45) is 0.702. The Morgan fingerprint density at radius 1 is 1.12 bits per heavy atom. The van der Waals surface area contributed by atoms with Crippen molar-refractivity contribution in [3.8, 4) is 5.75 Å². The lowest BCUT2D eigenvalue weighted by molar-refractivity contribution is -0.147. The van der Waals surface area contributed by atoms with Gasteiger partial charge in [-0.3, -0.25) is 25.2 Å². The van der Waals surface area contributed by atoms with Gasteiger partial charge in [0.15, 0.2) is 0 Å². The van der Waals surface area contributed by atoms with Crippen LogP contribution in [0.15, 0.2) is 35.4 Å². The Hall–Kier alpha value is -2.83. The van der Waals surface area contributed by atoms with Crippen LogP contribution in [0.1, 0.15) is 44.0 Å². The van der Waals surface area contributed by atoms with Crippen LogP contribution in [-0.2, 0) is 9.59 Å². The van der Waals surface area contributed by atoms with Gasteiger partial charge in [0.05, 0.1) is 18.4 Å². The maximum atomic E-state index is 12.4. The molecular weight excluding hydrogens is 336 g/mol. The fraction of sp³-hybridized carbons (Fsp3) is 0.421. The van der Waals surface area contributed by atoms with Gasteiger partial charge in [0.2, 0.25) is 5.91 Å². The molecule has 0 radical (unpaired) electrons. The summed E-state index contributed by atoms with van der Waals surface area (Å²) in [5.74, 6) is -2.96. The van der Waals surface area contributed by atoms with Crippen LogP contribution in [0.4, 0.5) is 0 Å². The van der Waals surface area contributed by atoms with Crippen LogP contribution in [0.5, 0.6) is 5.75 Å². The fourth-order valence-electron chi connectivity index (χ4n) is 3.00. The number of benzene rings is 1. The van der Waals surface area contributed by atoms with Crippen LogP contribution in [0.2, 0.25) is 0 Å². The first-order valence-electron chi connectivity index (χ1n) is 8.54. The molecule has 140 valence electrons. The van der Waals surface area contributed by atoms with Crippen molar-refractivity contribution in [1.29, 1.82) is 0 Å². The Bertz CT molecular complexity index is 741. The van der Waals surface area contributed by atoms with Crippen LogP contribution >= 0.6 is 0 Å². The molecule has 2 amide bonds. The summed E-state index contributed by atoms with van der Waals surface area (Å²) in [7, 11) is 0. The third-order valence-corrected chi connectivity index (χ3v) is 4.63. The number of hydrazine groups is 1. The Labute approximate surface area is 152 Å². The maximum absolute atomic E-state index is 12.4. The predicted molar refractivity (Wildman–Crippen MR) is 95.4 cm³/mol. The van der Waals surface area contributed by atoms with E-state index in [1.807, 2.05) is 20.8 Å². The minimum absolute atomic E-state index is 0.335. The number of ether oxygens (including phenoxy) is 1. The van der Waals surface area contributed by atoms with E-state index in [4.69, 9.17) is 4.74 Å². The molecule has 2 atom stereocenters. The highest BCUT2D eigenvalue weighted by atomic mass is 16.5. The lowest BCUT2D eigenvalue weighted by Crippen LogP contribution is -2.48. The first-order chi connectivity index (χ1) is 12.3. The second-order valence-electron chi connectivity index (χ2n) is 6.42. The zero-order valence-corrected chi connectivity index (χ0v) is 15.2. The first-order valence-corrected chi connectivity index (χ1v) is 8.54. The minimum Gasteiger partial charge on any atom is -0.494 e. The first kappa shape index (κ1) is 19.5.